The smallest absolute Gasteiger partial charge is 0.245 e. The van der Waals surface area contributed by atoms with Crippen LogP contribution in [0, 0.1) is 0 Å². The van der Waals surface area contributed by atoms with Gasteiger partial charge in [0.2, 0.25) is 5.91 Å². The third kappa shape index (κ3) is 2.72. The lowest BCUT2D eigenvalue weighted by Gasteiger charge is -2.32. The first-order valence-electron chi connectivity index (χ1n) is 5.91. The molecule has 0 aromatic heterocycles. The van der Waals surface area contributed by atoms with Gasteiger partial charge < -0.3 is 20.1 Å². The van der Waals surface area contributed by atoms with Crippen LogP contribution in [0.15, 0.2) is 0 Å². The van der Waals surface area contributed by atoms with Gasteiger partial charge in [0.15, 0.2) is 0 Å². The van der Waals surface area contributed by atoms with Crippen molar-refractivity contribution in [2.24, 2.45) is 0 Å². The molecule has 0 bridgehead atoms. The first-order valence-corrected chi connectivity index (χ1v) is 5.91. The van der Waals surface area contributed by atoms with E-state index in [0.29, 0.717) is 6.61 Å². The van der Waals surface area contributed by atoms with Gasteiger partial charge in [0.05, 0.1) is 18.3 Å². The molecule has 2 saturated heterocycles. The molecule has 2 heterocycles. The molecule has 1 spiro atoms. The fourth-order valence-electron chi connectivity index (χ4n) is 2.41. The summed E-state index contributed by atoms with van der Waals surface area (Å²) in [5, 5.41) is 5.87. The molecule has 0 saturated carbocycles. The molecule has 0 radical (unpaired) electrons. The molecule has 1 amide bonds. The molecule has 1 unspecified atom stereocenters. The van der Waals surface area contributed by atoms with E-state index >= 15 is 0 Å². The van der Waals surface area contributed by atoms with Crippen LogP contribution in [0.5, 0.6) is 0 Å². The van der Waals surface area contributed by atoms with Gasteiger partial charge in [-0.25, -0.2) is 0 Å². The maximum absolute atomic E-state index is 11.0. The fourth-order valence-corrected chi connectivity index (χ4v) is 2.41. The summed E-state index contributed by atoms with van der Waals surface area (Å²) in [4.78, 5) is 11.0. The van der Waals surface area contributed by atoms with E-state index in [2.05, 4.69) is 10.6 Å². The summed E-state index contributed by atoms with van der Waals surface area (Å²) in [5.74, 6) is -0.0775. The Morgan fingerprint density at radius 1 is 1.56 bits per heavy atom. The highest BCUT2D eigenvalue weighted by molar-refractivity contribution is 5.76. The van der Waals surface area contributed by atoms with Gasteiger partial charge in [-0.2, -0.15) is 0 Å². The number of hydrogen-bond acceptors (Lipinski definition) is 4. The number of amides is 1. The van der Waals surface area contributed by atoms with Gasteiger partial charge >= 0.3 is 0 Å². The molecule has 2 aliphatic rings. The minimum absolute atomic E-state index is 0.0125. The second-order valence-electron chi connectivity index (χ2n) is 4.55. The zero-order valence-electron chi connectivity index (χ0n) is 9.75. The van der Waals surface area contributed by atoms with Crippen molar-refractivity contribution in [3.63, 3.8) is 0 Å². The van der Waals surface area contributed by atoms with E-state index in [4.69, 9.17) is 9.47 Å². The molecule has 0 aromatic rings. The van der Waals surface area contributed by atoms with Crippen molar-refractivity contribution in [3.05, 3.63) is 0 Å². The molecule has 2 N–H and O–H groups in total. The lowest BCUT2D eigenvalue weighted by molar-refractivity contribution is -0.127. The number of carbonyl (C=O) groups excluding carboxylic acids is 1. The van der Waals surface area contributed by atoms with Crippen molar-refractivity contribution in [2.75, 3.05) is 33.4 Å². The molecule has 0 aromatic carbocycles. The topological polar surface area (TPSA) is 59.6 Å². The molecule has 1 atom stereocenters. The monoisotopic (exact) mass is 228 g/mol. The van der Waals surface area contributed by atoms with Crippen LogP contribution in [0.25, 0.3) is 0 Å². The SMILES string of the molecule is CNC(=O)COC1COC2(CCNCC2)C1. The van der Waals surface area contributed by atoms with Crippen LogP contribution in [0.1, 0.15) is 19.3 Å². The summed E-state index contributed by atoms with van der Waals surface area (Å²) < 4.78 is 11.4. The van der Waals surface area contributed by atoms with Gasteiger partial charge in [0, 0.05) is 13.5 Å². The summed E-state index contributed by atoms with van der Waals surface area (Å²) in [5.41, 5.74) is 0.0125. The Balaban J connectivity index is 1.76. The van der Waals surface area contributed by atoms with Gasteiger partial charge in [-0.3, -0.25) is 4.79 Å². The number of nitrogens with one attached hydrogen (secondary N) is 2. The van der Waals surface area contributed by atoms with Gasteiger partial charge in [0.1, 0.15) is 6.61 Å². The molecule has 2 rings (SSSR count). The van der Waals surface area contributed by atoms with Crippen LogP contribution in [0.3, 0.4) is 0 Å². The minimum atomic E-state index is -0.0775. The van der Waals surface area contributed by atoms with E-state index in [1.807, 2.05) is 0 Å². The number of likely N-dealkylation sites (N-methyl/N-ethyl adjacent to an activating group) is 1. The quantitative estimate of drug-likeness (QED) is 0.694. The molecule has 92 valence electrons. The van der Waals surface area contributed by atoms with Crippen molar-refractivity contribution >= 4 is 5.91 Å². The van der Waals surface area contributed by atoms with E-state index in [9.17, 15) is 4.79 Å². The molecular formula is C11H20N2O3. The average Bonchev–Trinajstić information content (AvgIpc) is 2.70. The van der Waals surface area contributed by atoms with Crippen LogP contribution in [0.4, 0.5) is 0 Å². The van der Waals surface area contributed by atoms with Crippen LogP contribution in [0.2, 0.25) is 0 Å². The third-order valence-corrected chi connectivity index (χ3v) is 3.42. The number of hydrogen-bond donors (Lipinski definition) is 2. The van der Waals surface area contributed by atoms with Gasteiger partial charge in [-0.05, 0) is 25.9 Å². The van der Waals surface area contributed by atoms with Crippen LogP contribution >= 0.6 is 0 Å². The second-order valence-corrected chi connectivity index (χ2v) is 4.55. The Hall–Kier alpha value is -0.650. The highest BCUT2D eigenvalue weighted by Crippen LogP contribution is 2.34. The van der Waals surface area contributed by atoms with Crippen molar-refractivity contribution < 1.29 is 14.3 Å². The van der Waals surface area contributed by atoms with Crippen LogP contribution < -0.4 is 10.6 Å². The zero-order chi connectivity index (χ0) is 11.4. The molecule has 2 aliphatic heterocycles. The molecule has 5 heteroatoms. The Morgan fingerprint density at radius 3 is 3.00 bits per heavy atom. The predicted octanol–water partition coefficient (Wildman–Crippen LogP) is -0.340. The number of carbonyl (C=O) groups is 1. The van der Waals surface area contributed by atoms with Crippen molar-refractivity contribution in [1.82, 2.24) is 10.6 Å². The zero-order valence-corrected chi connectivity index (χ0v) is 9.75. The third-order valence-electron chi connectivity index (χ3n) is 3.42. The summed E-state index contributed by atoms with van der Waals surface area (Å²) in [6, 6.07) is 0. The second kappa shape index (κ2) is 5.12. The fraction of sp³-hybridized carbons (Fsp3) is 0.909. The maximum Gasteiger partial charge on any atom is 0.245 e. The predicted molar refractivity (Wildman–Crippen MR) is 59.2 cm³/mol. The Kier molecular flexibility index (Phi) is 3.78. The number of ether oxygens (including phenoxy) is 2. The number of rotatable bonds is 3. The highest BCUT2D eigenvalue weighted by Gasteiger charge is 2.41. The minimum Gasteiger partial charge on any atom is -0.372 e. The molecule has 2 fully saturated rings. The molecule has 16 heavy (non-hydrogen) atoms. The van der Waals surface area contributed by atoms with E-state index in [1.54, 1.807) is 7.05 Å². The lowest BCUT2D eigenvalue weighted by Crippen LogP contribution is -2.41. The van der Waals surface area contributed by atoms with Gasteiger partial charge in [0.25, 0.3) is 0 Å². The first-order chi connectivity index (χ1) is 7.74. The largest absolute Gasteiger partial charge is 0.372 e. The molecular weight excluding hydrogens is 208 g/mol. The van der Waals surface area contributed by atoms with Crippen LogP contribution in [-0.2, 0) is 14.3 Å². The van der Waals surface area contributed by atoms with Crippen molar-refractivity contribution in [2.45, 2.75) is 31.0 Å². The normalized spacial score (nSPS) is 28.2. The first kappa shape index (κ1) is 11.8. The number of piperidine rings is 1. The maximum atomic E-state index is 11.0. The van der Waals surface area contributed by atoms with Gasteiger partial charge in [-0.1, -0.05) is 0 Å². The summed E-state index contributed by atoms with van der Waals surface area (Å²) in [6.45, 7) is 2.79. The van der Waals surface area contributed by atoms with Gasteiger partial charge in [-0.15, -0.1) is 0 Å². The van der Waals surface area contributed by atoms with E-state index in [0.717, 1.165) is 32.4 Å². The Morgan fingerprint density at radius 2 is 2.31 bits per heavy atom. The average molecular weight is 228 g/mol. The standard InChI is InChI=1S/C11H20N2O3/c1-12-10(14)8-15-9-6-11(16-7-9)2-4-13-5-3-11/h9,13H,2-8H2,1H3,(H,12,14). The highest BCUT2D eigenvalue weighted by atomic mass is 16.6. The van der Waals surface area contributed by atoms with Crippen molar-refractivity contribution in [3.8, 4) is 0 Å². The Bertz CT molecular complexity index is 252. The lowest BCUT2D eigenvalue weighted by atomic mass is 9.89. The summed E-state index contributed by atoms with van der Waals surface area (Å²) in [6.07, 6.45) is 3.10. The van der Waals surface area contributed by atoms with E-state index in [-0.39, 0.29) is 24.2 Å². The van der Waals surface area contributed by atoms with Crippen LogP contribution in [-0.4, -0.2) is 51.0 Å². The summed E-state index contributed by atoms with van der Waals surface area (Å²) in [7, 11) is 1.62. The van der Waals surface area contributed by atoms with E-state index < -0.39 is 0 Å². The summed E-state index contributed by atoms with van der Waals surface area (Å²) >= 11 is 0. The van der Waals surface area contributed by atoms with E-state index in [1.165, 1.54) is 0 Å². The molecule has 5 nitrogen and oxygen atoms in total. The molecule has 0 aliphatic carbocycles. The Labute approximate surface area is 95.9 Å². The van der Waals surface area contributed by atoms with Crippen molar-refractivity contribution in [1.29, 1.82) is 0 Å².